The van der Waals surface area contributed by atoms with E-state index in [0.717, 1.165) is 11.1 Å². The third-order valence-electron chi connectivity index (χ3n) is 1.70. The Labute approximate surface area is 79.6 Å². The molecule has 0 amide bonds. The van der Waals surface area contributed by atoms with Crippen molar-refractivity contribution in [2.24, 2.45) is 0 Å². The quantitative estimate of drug-likeness (QED) is 0.761. The van der Waals surface area contributed by atoms with Crippen molar-refractivity contribution in [1.29, 1.82) is 0 Å². The van der Waals surface area contributed by atoms with Crippen LogP contribution in [0.1, 0.15) is 0 Å². The molecule has 0 bridgehead atoms. The molecule has 2 aromatic rings. The zero-order valence-corrected chi connectivity index (χ0v) is 7.32. The first-order valence-electron chi connectivity index (χ1n) is 3.67. The van der Waals surface area contributed by atoms with Gasteiger partial charge in [0, 0.05) is 0 Å². The van der Waals surface area contributed by atoms with Crippen LogP contribution in [0.3, 0.4) is 0 Å². The fourth-order valence-electron chi connectivity index (χ4n) is 1.05. The summed E-state index contributed by atoms with van der Waals surface area (Å²) < 4.78 is 4.70. The Morgan fingerprint density at radius 3 is 2.46 bits per heavy atom. The van der Waals surface area contributed by atoms with Gasteiger partial charge < -0.3 is 9.63 Å². The van der Waals surface area contributed by atoms with E-state index in [0.29, 0.717) is 0 Å². The van der Waals surface area contributed by atoms with Crippen molar-refractivity contribution < 1.29 is 9.63 Å². The Morgan fingerprint density at radius 1 is 1.23 bits per heavy atom. The summed E-state index contributed by atoms with van der Waals surface area (Å²) in [5.74, 6) is 0.219. The third-order valence-corrected chi connectivity index (χ3v) is 1.98. The van der Waals surface area contributed by atoms with Crippen molar-refractivity contribution in [3.05, 3.63) is 35.7 Å². The lowest BCUT2D eigenvalue weighted by atomic mass is 10.1. The minimum absolute atomic E-state index is 0.219. The van der Waals surface area contributed by atoms with E-state index < -0.39 is 0 Å². The van der Waals surface area contributed by atoms with Crippen molar-refractivity contribution >= 4 is 11.6 Å². The smallest absolute Gasteiger partial charge is 0.233 e. The molecule has 13 heavy (non-hydrogen) atoms. The van der Waals surface area contributed by atoms with Crippen molar-refractivity contribution in [1.82, 2.24) is 5.16 Å². The largest absolute Gasteiger partial charge is 0.508 e. The SMILES string of the molecule is Oc1ccc(-c2cnoc2Cl)cc1. The molecule has 0 atom stereocenters. The molecule has 1 aromatic carbocycles. The second-order valence-electron chi connectivity index (χ2n) is 2.56. The van der Waals surface area contributed by atoms with Crippen LogP contribution in [0, 0.1) is 0 Å². The van der Waals surface area contributed by atoms with E-state index in [1.165, 1.54) is 6.20 Å². The van der Waals surface area contributed by atoms with E-state index in [1.54, 1.807) is 24.3 Å². The summed E-state index contributed by atoms with van der Waals surface area (Å²) in [6.45, 7) is 0. The van der Waals surface area contributed by atoms with Crippen LogP contribution in [0.25, 0.3) is 11.1 Å². The predicted octanol–water partition coefficient (Wildman–Crippen LogP) is 2.70. The lowest BCUT2D eigenvalue weighted by Crippen LogP contribution is -1.73. The maximum Gasteiger partial charge on any atom is 0.233 e. The number of aromatic hydroxyl groups is 1. The van der Waals surface area contributed by atoms with E-state index in [9.17, 15) is 0 Å². The van der Waals surface area contributed by atoms with E-state index in [4.69, 9.17) is 21.2 Å². The van der Waals surface area contributed by atoms with Crippen LogP contribution in [0.15, 0.2) is 35.0 Å². The fourth-order valence-corrected chi connectivity index (χ4v) is 1.25. The van der Waals surface area contributed by atoms with Crippen LogP contribution in [0.5, 0.6) is 5.75 Å². The second-order valence-corrected chi connectivity index (χ2v) is 2.90. The number of aromatic nitrogens is 1. The average Bonchev–Trinajstić information content (AvgIpc) is 2.53. The first-order valence-corrected chi connectivity index (χ1v) is 4.05. The number of hydrogen-bond acceptors (Lipinski definition) is 3. The molecule has 1 heterocycles. The third kappa shape index (κ3) is 1.51. The standard InChI is InChI=1S/C9H6ClNO2/c10-9-8(5-11-13-9)6-1-3-7(12)4-2-6/h1-5,12H. The van der Waals surface area contributed by atoms with Gasteiger partial charge in [-0.2, -0.15) is 0 Å². The molecule has 66 valence electrons. The molecule has 0 saturated heterocycles. The van der Waals surface area contributed by atoms with Crippen LogP contribution in [-0.2, 0) is 0 Å². The Balaban J connectivity index is 2.47. The average molecular weight is 196 g/mol. The molecule has 0 spiro atoms. The highest BCUT2D eigenvalue weighted by molar-refractivity contribution is 6.31. The van der Waals surface area contributed by atoms with Crippen LogP contribution in [0.4, 0.5) is 0 Å². The topological polar surface area (TPSA) is 46.3 Å². The molecule has 0 fully saturated rings. The first-order chi connectivity index (χ1) is 6.27. The summed E-state index contributed by atoms with van der Waals surface area (Å²) in [6.07, 6.45) is 1.54. The fraction of sp³-hybridized carbons (Fsp3) is 0. The first kappa shape index (κ1) is 8.13. The van der Waals surface area contributed by atoms with E-state index in [-0.39, 0.29) is 11.0 Å². The van der Waals surface area contributed by atoms with Gasteiger partial charge in [0.2, 0.25) is 5.22 Å². The van der Waals surface area contributed by atoms with Crippen LogP contribution < -0.4 is 0 Å². The van der Waals surface area contributed by atoms with Crippen LogP contribution in [0.2, 0.25) is 5.22 Å². The minimum Gasteiger partial charge on any atom is -0.508 e. The zero-order valence-electron chi connectivity index (χ0n) is 6.57. The summed E-state index contributed by atoms with van der Waals surface area (Å²) in [5, 5.41) is 12.9. The Bertz CT molecular complexity index is 408. The van der Waals surface area contributed by atoms with Gasteiger partial charge in [0.05, 0.1) is 11.8 Å². The minimum atomic E-state index is 0.219. The molecule has 0 unspecified atom stereocenters. The Hall–Kier alpha value is -1.48. The number of phenolic OH excluding ortho intramolecular Hbond substituents is 1. The van der Waals surface area contributed by atoms with Crippen LogP contribution in [-0.4, -0.2) is 10.3 Å². The van der Waals surface area contributed by atoms with E-state index >= 15 is 0 Å². The highest BCUT2D eigenvalue weighted by Crippen LogP contribution is 2.28. The monoisotopic (exact) mass is 195 g/mol. The molecule has 4 heteroatoms. The Morgan fingerprint density at radius 2 is 1.92 bits per heavy atom. The van der Waals surface area contributed by atoms with Gasteiger partial charge in [-0.25, -0.2) is 0 Å². The number of nitrogens with zero attached hydrogens (tertiary/aromatic N) is 1. The van der Waals surface area contributed by atoms with Gasteiger partial charge in [0.1, 0.15) is 5.75 Å². The second kappa shape index (κ2) is 3.11. The molecular weight excluding hydrogens is 190 g/mol. The highest BCUT2D eigenvalue weighted by atomic mass is 35.5. The molecule has 0 aliphatic rings. The molecule has 0 aliphatic heterocycles. The van der Waals surface area contributed by atoms with Gasteiger partial charge in [-0.1, -0.05) is 17.3 Å². The van der Waals surface area contributed by atoms with Crippen molar-refractivity contribution in [3.8, 4) is 16.9 Å². The lowest BCUT2D eigenvalue weighted by molar-refractivity contribution is 0.422. The van der Waals surface area contributed by atoms with Gasteiger partial charge in [-0.3, -0.25) is 0 Å². The molecule has 0 aliphatic carbocycles. The number of phenols is 1. The van der Waals surface area contributed by atoms with Gasteiger partial charge in [0.15, 0.2) is 0 Å². The molecule has 0 saturated carbocycles. The number of hydrogen-bond donors (Lipinski definition) is 1. The summed E-state index contributed by atoms with van der Waals surface area (Å²) in [6, 6.07) is 6.65. The van der Waals surface area contributed by atoms with Gasteiger partial charge in [0.25, 0.3) is 0 Å². The molecular formula is C9H6ClNO2. The summed E-state index contributed by atoms with van der Waals surface area (Å²) >= 11 is 5.72. The zero-order chi connectivity index (χ0) is 9.26. The van der Waals surface area contributed by atoms with E-state index in [2.05, 4.69) is 5.16 Å². The lowest BCUT2D eigenvalue weighted by Gasteiger charge is -1.96. The summed E-state index contributed by atoms with van der Waals surface area (Å²) in [7, 11) is 0. The number of rotatable bonds is 1. The maximum atomic E-state index is 9.05. The summed E-state index contributed by atoms with van der Waals surface area (Å²) in [4.78, 5) is 0. The molecule has 1 aromatic heterocycles. The predicted molar refractivity (Wildman–Crippen MR) is 48.6 cm³/mol. The Kier molecular flexibility index (Phi) is 1.94. The normalized spacial score (nSPS) is 10.2. The number of benzene rings is 1. The van der Waals surface area contributed by atoms with Gasteiger partial charge in [-0.15, -0.1) is 0 Å². The molecule has 0 radical (unpaired) electrons. The van der Waals surface area contributed by atoms with Crippen molar-refractivity contribution in [3.63, 3.8) is 0 Å². The molecule has 2 rings (SSSR count). The molecule has 1 N–H and O–H groups in total. The van der Waals surface area contributed by atoms with Crippen molar-refractivity contribution in [2.45, 2.75) is 0 Å². The van der Waals surface area contributed by atoms with Crippen molar-refractivity contribution in [2.75, 3.05) is 0 Å². The molecule has 3 nitrogen and oxygen atoms in total. The number of halogens is 1. The van der Waals surface area contributed by atoms with Gasteiger partial charge in [-0.05, 0) is 29.3 Å². The van der Waals surface area contributed by atoms with Gasteiger partial charge >= 0.3 is 0 Å². The van der Waals surface area contributed by atoms with E-state index in [1.807, 2.05) is 0 Å². The summed E-state index contributed by atoms with van der Waals surface area (Å²) in [5.41, 5.74) is 1.59. The maximum absolute atomic E-state index is 9.05. The highest BCUT2D eigenvalue weighted by Gasteiger charge is 2.06. The van der Waals surface area contributed by atoms with Crippen LogP contribution >= 0.6 is 11.6 Å².